The lowest BCUT2D eigenvalue weighted by molar-refractivity contribution is -0.386. The summed E-state index contributed by atoms with van der Waals surface area (Å²) in [6.45, 7) is 0. The highest BCUT2D eigenvalue weighted by Gasteiger charge is 2.30. The lowest BCUT2D eigenvalue weighted by Gasteiger charge is -2.17. The molecule has 0 bridgehead atoms. The van der Waals surface area contributed by atoms with Gasteiger partial charge in [0.25, 0.3) is 0 Å². The third-order valence-corrected chi connectivity index (χ3v) is 3.45. The molecule has 1 aromatic carbocycles. The van der Waals surface area contributed by atoms with Crippen LogP contribution in [0.4, 0.5) is 5.69 Å². The molecule has 0 aromatic heterocycles. The molecule has 1 aliphatic rings. The minimum absolute atomic E-state index is 0.0847. The lowest BCUT2D eigenvalue weighted by atomic mass is 10.2. The number of hydrogen-bond acceptors (Lipinski definition) is 4. The van der Waals surface area contributed by atoms with Crippen LogP contribution in [0, 0.1) is 10.1 Å². The van der Waals surface area contributed by atoms with Crippen LogP contribution in [-0.4, -0.2) is 22.2 Å². The maximum atomic E-state index is 10.9. The van der Waals surface area contributed by atoms with Crippen LogP contribution in [0.1, 0.15) is 19.3 Å². The quantitative estimate of drug-likeness (QED) is 0.688. The molecular weight excluding hydrogens is 290 g/mol. The molecule has 0 amide bonds. The van der Waals surface area contributed by atoms with Crippen molar-refractivity contribution in [1.29, 1.82) is 0 Å². The Morgan fingerprint density at radius 1 is 1.47 bits per heavy atom. The summed E-state index contributed by atoms with van der Waals surface area (Å²) in [4.78, 5) is 10.4. The number of rotatable bonds is 3. The van der Waals surface area contributed by atoms with E-state index < -0.39 is 11.0 Å². The zero-order valence-electron chi connectivity index (χ0n) is 9.01. The Balaban J connectivity index is 2.27. The Hall–Kier alpha value is -1.14. The van der Waals surface area contributed by atoms with Gasteiger partial charge in [-0.3, -0.25) is 10.1 Å². The molecule has 6 heteroatoms. The van der Waals surface area contributed by atoms with Gasteiger partial charge in [-0.15, -0.1) is 0 Å². The lowest BCUT2D eigenvalue weighted by Crippen LogP contribution is -2.26. The number of nitro groups is 1. The van der Waals surface area contributed by atoms with Gasteiger partial charge in [0.15, 0.2) is 0 Å². The largest absolute Gasteiger partial charge is 0.480 e. The Labute approximate surface area is 107 Å². The first-order chi connectivity index (χ1) is 8.09. The molecule has 17 heavy (non-hydrogen) atoms. The van der Waals surface area contributed by atoms with E-state index in [0.29, 0.717) is 10.9 Å². The van der Waals surface area contributed by atoms with Gasteiger partial charge in [-0.2, -0.15) is 0 Å². The molecular formula is C11H12BrNO4. The molecule has 1 saturated carbocycles. The van der Waals surface area contributed by atoms with E-state index in [1.165, 1.54) is 6.07 Å². The number of aliphatic hydroxyl groups excluding tert-OH is 1. The van der Waals surface area contributed by atoms with Crippen molar-refractivity contribution in [1.82, 2.24) is 0 Å². The van der Waals surface area contributed by atoms with Crippen LogP contribution in [-0.2, 0) is 0 Å². The van der Waals surface area contributed by atoms with Crippen molar-refractivity contribution in [3.05, 3.63) is 32.8 Å². The Morgan fingerprint density at radius 2 is 2.24 bits per heavy atom. The molecule has 0 unspecified atom stereocenters. The average molecular weight is 302 g/mol. The minimum atomic E-state index is -0.540. The van der Waals surface area contributed by atoms with Gasteiger partial charge in [-0.25, -0.2) is 0 Å². The van der Waals surface area contributed by atoms with Crippen LogP contribution >= 0.6 is 15.9 Å². The van der Waals surface area contributed by atoms with Crippen molar-refractivity contribution in [3.63, 3.8) is 0 Å². The van der Waals surface area contributed by atoms with Crippen LogP contribution in [0.15, 0.2) is 22.7 Å². The van der Waals surface area contributed by atoms with Crippen LogP contribution in [0.3, 0.4) is 0 Å². The van der Waals surface area contributed by atoms with Crippen molar-refractivity contribution in [2.75, 3.05) is 0 Å². The standard InChI is InChI=1S/C11H12BrNO4/c12-7-3-1-4-8(13(15)16)11(7)17-10-6-2-5-9(10)14/h1,3-4,9-10,14H,2,5-6H2/t9-,10-/m0/s1. The highest BCUT2D eigenvalue weighted by Crippen LogP contribution is 2.37. The summed E-state index contributed by atoms with van der Waals surface area (Å²) >= 11 is 3.23. The number of hydrogen-bond donors (Lipinski definition) is 1. The van der Waals surface area contributed by atoms with Crippen LogP contribution in [0.2, 0.25) is 0 Å². The minimum Gasteiger partial charge on any atom is -0.480 e. The fraction of sp³-hybridized carbons (Fsp3) is 0.455. The second kappa shape index (κ2) is 5.01. The normalized spacial score (nSPS) is 23.6. The van der Waals surface area contributed by atoms with E-state index in [1.807, 2.05) is 0 Å². The molecule has 1 fully saturated rings. The molecule has 2 rings (SSSR count). The number of nitrogens with zero attached hydrogens (tertiary/aromatic N) is 1. The van der Waals surface area contributed by atoms with Gasteiger partial charge in [0.05, 0.1) is 15.5 Å². The first kappa shape index (κ1) is 12.3. The van der Waals surface area contributed by atoms with Crippen molar-refractivity contribution in [3.8, 4) is 5.75 Å². The first-order valence-corrected chi connectivity index (χ1v) is 6.16. The maximum absolute atomic E-state index is 10.9. The zero-order valence-corrected chi connectivity index (χ0v) is 10.6. The number of halogens is 1. The number of para-hydroxylation sites is 1. The average Bonchev–Trinajstić information content (AvgIpc) is 2.67. The van der Waals surface area contributed by atoms with Crippen LogP contribution in [0.5, 0.6) is 5.75 Å². The molecule has 1 N–H and O–H groups in total. The van der Waals surface area contributed by atoms with Crippen molar-refractivity contribution >= 4 is 21.6 Å². The van der Waals surface area contributed by atoms with E-state index in [0.717, 1.165) is 12.8 Å². The van der Waals surface area contributed by atoms with Gasteiger partial charge in [-0.05, 0) is 41.3 Å². The van der Waals surface area contributed by atoms with E-state index in [9.17, 15) is 15.2 Å². The summed E-state index contributed by atoms with van der Waals surface area (Å²) in [6, 6.07) is 4.66. The van der Waals surface area contributed by atoms with Gasteiger partial charge < -0.3 is 9.84 Å². The fourth-order valence-corrected chi connectivity index (χ4v) is 2.40. The van der Waals surface area contributed by atoms with Crippen molar-refractivity contribution in [2.45, 2.75) is 31.5 Å². The van der Waals surface area contributed by atoms with Crippen LogP contribution < -0.4 is 4.74 Å². The van der Waals surface area contributed by atoms with Crippen LogP contribution in [0.25, 0.3) is 0 Å². The summed E-state index contributed by atoms with van der Waals surface area (Å²) in [6.07, 6.45) is 1.39. The summed E-state index contributed by atoms with van der Waals surface area (Å²) in [7, 11) is 0. The highest BCUT2D eigenvalue weighted by atomic mass is 79.9. The molecule has 1 aromatic rings. The SMILES string of the molecule is O=[N+]([O-])c1cccc(Br)c1O[C@H]1CCC[C@@H]1O. The molecule has 0 radical (unpaired) electrons. The monoisotopic (exact) mass is 301 g/mol. The molecule has 1 aliphatic carbocycles. The van der Waals surface area contributed by atoms with Gasteiger partial charge >= 0.3 is 5.69 Å². The Bertz CT molecular complexity index is 437. The number of nitro benzene ring substituents is 1. The number of benzene rings is 1. The third-order valence-electron chi connectivity index (χ3n) is 2.83. The van der Waals surface area contributed by atoms with E-state index in [4.69, 9.17) is 4.74 Å². The Kier molecular flexibility index (Phi) is 3.63. The summed E-state index contributed by atoms with van der Waals surface area (Å²) in [5.41, 5.74) is -0.0847. The zero-order chi connectivity index (χ0) is 12.4. The van der Waals surface area contributed by atoms with E-state index in [2.05, 4.69) is 15.9 Å². The molecule has 0 heterocycles. The van der Waals surface area contributed by atoms with E-state index >= 15 is 0 Å². The van der Waals surface area contributed by atoms with Gasteiger partial charge in [0.2, 0.25) is 5.75 Å². The number of ether oxygens (including phenoxy) is 1. The predicted molar refractivity (Wildman–Crippen MR) is 65.1 cm³/mol. The fourth-order valence-electron chi connectivity index (χ4n) is 1.95. The summed E-state index contributed by atoms with van der Waals surface area (Å²) in [5.74, 6) is 0.198. The maximum Gasteiger partial charge on any atom is 0.312 e. The Morgan fingerprint density at radius 3 is 2.82 bits per heavy atom. The summed E-state index contributed by atoms with van der Waals surface area (Å²) in [5, 5.41) is 20.5. The number of aliphatic hydroxyl groups is 1. The summed E-state index contributed by atoms with van der Waals surface area (Å²) < 4.78 is 6.11. The van der Waals surface area contributed by atoms with E-state index in [-0.39, 0.29) is 17.5 Å². The predicted octanol–water partition coefficient (Wildman–Crippen LogP) is 2.65. The van der Waals surface area contributed by atoms with E-state index in [1.54, 1.807) is 12.1 Å². The molecule has 5 nitrogen and oxygen atoms in total. The third kappa shape index (κ3) is 2.58. The highest BCUT2D eigenvalue weighted by molar-refractivity contribution is 9.10. The molecule has 0 aliphatic heterocycles. The van der Waals surface area contributed by atoms with Crippen molar-refractivity contribution < 1.29 is 14.8 Å². The van der Waals surface area contributed by atoms with Crippen molar-refractivity contribution in [2.24, 2.45) is 0 Å². The van der Waals surface area contributed by atoms with Gasteiger partial charge in [0.1, 0.15) is 6.10 Å². The smallest absolute Gasteiger partial charge is 0.312 e. The second-order valence-corrected chi connectivity index (χ2v) is 4.85. The first-order valence-electron chi connectivity index (χ1n) is 5.37. The molecule has 0 spiro atoms. The molecule has 2 atom stereocenters. The second-order valence-electron chi connectivity index (χ2n) is 4.00. The van der Waals surface area contributed by atoms with Gasteiger partial charge in [-0.1, -0.05) is 6.07 Å². The molecule has 92 valence electrons. The van der Waals surface area contributed by atoms with Gasteiger partial charge in [0, 0.05) is 6.07 Å². The topological polar surface area (TPSA) is 72.6 Å². The molecule has 0 saturated heterocycles.